The second-order valence-corrected chi connectivity index (χ2v) is 5.25. The molecule has 4 nitrogen and oxygen atoms in total. The summed E-state index contributed by atoms with van der Waals surface area (Å²) in [6.07, 6.45) is 3.35. The molecule has 0 aliphatic carbocycles. The van der Waals surface area contributed by atoms with Crippen LogP contribution in [-0.2, 0) is 4.79 Å². The largest absolute Gasteiger partial charge is 0.506 e. The maximum Gasteiger partial charge on any atom is 0.333 e. The molecule has 0 fully saturated rings. The maximum atomic E-state index is 11.4. The lowest BCUT2D eigenvalue weighted by molar-refractivity contribution is -0.140. The number of carboxylic acid groups (broad SMARTS) is 1. The number of aliphatic carboxylic acids is 1. The summed E-state index contributed by atoms with van der Waals surface area (Å²) in [6.45, 7) is 1.56. The third-order valence-corrected chi connectivity index (χ3v) is 3.72. The Morgan fingerprint density at radius 1 is 1.14 bits per heavy atom. The van der Waals surface area contributed by atoms with Gasteiger partial charge in [-0.15, -0.1) is 0 Å². The summed E-state index contributed by atoms with van der Waals surface area (Å²) in [5.41, 5.74) is 1.97. The van der Waals surface area contributed by atoms with E-state index in [2.05, 4.69) is 5.32 Å². The van der Waals surface area contributed by atoms with E-state index in [1.54, 1.807) is 25.1 Å². The smallest absolute Gasteiger partial charge is 0.333 e. The van der Waals surface area contributed by atoms with Crippen LogP contribution in [0.5, 0.6) is 5.75 Å². The zero-order chi connectivity index (χ0) is 15.0. The Hall–Kier alpha value is -2.75. The van der Waals surface area contributed by atoms with Gasteiger partial charge < -0.3 is 15.5 Å². The number of fused-ring (bicyclic) bond motifs is 1. The van der Waals surface area contributed by atoms with E-state index in [1.807, 2.05) is 36.4 Å². The van der Waals surface area contributed by atoms with Crippen LogP contribution in [0.3, 0.4) is 0 Å². The van der Waals surface area contributed by atoms with Gasteiger partial charge >= 0.3 is 5.97 Å². The van der Waals surface area contributed by atoms with Gasteiger partial charge in [-0.05, 0) is 36.3 Å². The van der Waals surface area contributed by atoms with Crippen molar-refractivity contribution in [3.8, 4) is 16.9 Å². The molecule has 1 aliphatic rings. The quantitative estimate of drug-likeness (QED) is 0.738. The Kier molecular flexibility index (Phi) is 2.94. The topological polar surface area (TPSA) is 69.6 Å². The number of benzene rings is 2. The van der Waals surface area contributed by atoms with Crippen LogP contribution in [0.4, 0.5) is 5.69 Å². The summed E-state index contributed by atoms with van der Waals surface area (Å²) < 4.78 is 0. The zero-order valence-corrected chi connectivity index (χ0v) is 11.5. The van der Waals surface area contributed by atoms with Crippen molar-refractivity contribution in [2.75, 3.05) is 5.32 Å². The van der Waals surface area contributed by atoms with E-state index in [1.165, 1.54) is 0 Å². The number of hydrogen-bond acceptors (Lipinski definition) is 3. The summed E-state index contributed by atoms with van der Waals surface area (Å²) in [5.74, 6) is -0.949. The molecule has 4 heteroatoms. The van der Waals surface area contributed by atoms with Crippen molar-refractivity contribution in [3.63, 3.8) is 0 Å². The number of aromatic hydroxyl groups is 1. The van der Waals surface area contributed by atoms with Gasteiger partial charge in [0, 0.05) is 5.56 Å². The molecule has 1 heterocycles. The number of carboxylic acids is 1. The number of phenols is 1. The number of nitrogens with one attached hydrogen (secondary N) is 1. The van der Waals surface area contributed by atoms with E-state index in [4.69, 9.17) is 0 Å². The molecule has 1 atom stereocenters. The molecule has 2 aromatic rings. The van der Waals surface area contributed by atoms with Crippen molar-refractivity contribution in [1.29, 1.82) is 0 Å². The molecule has 0 spiro atoms. The highest BCUT2D eigenvalue weighted by atomic mass is 16.4. The fraction of sp³-hybridized carbons (Fsp3) is 0.118. The first kappa shape index (κ1) is 13.2. The van der Waals surface area contributed by atoms with Crippen LogP contribution < -0.4 is 5.32 Å². The first-order valence-corrected chi connectivity index (χ1v) is 6.63. The fourth-order valence-corrected chi connectivity index (χ4v) is 2.46. The average Bonchev–Trinajstić information content (AvgIpc) is 2.49. The van der Waals surface area contributed by atoms with E-state index in [9.17, 15) is 15.0 Å². The van der Waals surface area contributed by atoms with Gasteiger partial charge in [-0.3, -0.25) is 0 Å². The average molecular weight is 281 g/mol. The van der Waals surface area contributed by atoms with Gasteiger partial charge in [-0.25, -0.2) is 4.79 Å². The van der Waals surface area contributed by atoms with Crippen LogP contribution >= 0.6 is 0 Å². The van der Waals surface area contributed by atoms with Gasteiger partial charge in [0.15, 0.2) is 5.54 Å². The minimum absolute atomic E-state index is 0.0431. The number of anilines is 1. The molecule has 3 N–H and O–H groups in total. The molecule has 0 saturated heterocycles. The standard InChI is InChI=1S/C17H15NO3/c1-17(16(20)21)10-9-13-12(11-5-3-2-4-6-11)7-8-14(19)15(13)18-17/h2-10,18-19H,1H3,(H,20,21). The predicted octanol–water partition coefficient (Wildman–Crippen LogP) is 3.34. The lowest BCUT2D eigenvalue weighted by Crippen LogP contribution is -2.42. The van der Waals surface area contributed by atoms with Crippen molar-refractivity contribution < 1.29 is 15.0 Å². The van der Waals surface area contributed by atoms with E-state index in [0.29, 0.717) is 5.69 Å². The second kappa shape index (κ2) is 4.66. The zero-order valence-electron chi connectivity index (χ0n) is 11.5. The van der Waals surface area contributed by atoms with Crippen molar-refractivity contribution in [3.05, 3.63) is 54.1 Å². The molecule has 0 saturated carbocycles. The molecule has 0 radical (unpaired) electrons. The van der Waals surface area contributed by atoms with Gasteiger partial charge in [0.1, 0.15) is 5.75 Å². The number of rotatable bonds is 2. The molecular weight excluding hydrogens is 266 g/mol. The van der Waals surface area contributed by atoms with Crippen molar-refractivity contribution >= 4 is 17.7 Å². The minimum atomic E-state index is -1.22. The molecule has 0 aromatic heterocycles. The highest BCUT2D eigenvalue weighted by molar-refractivity contribution is 5.95. The lowest BCUT2D eigenvalue weighted by atomic mass is 9.90. The Morgan fingerprint density at radius 3 is 2.52 bits per heavy atom. The molecule has 3 rings (SSSR count). The molecule has 0 bridgehead atoms. The van der Waals surface area contributed by atoms with Gasteiger partial charge in [0.2, 0.25) is 0 Å². The fourth-order valence-electron chi connectivity index (χ4n) is 2.46. The Labute approximate surface area is 122 Å². The summed E-state index contributed by atoms with van der Waals surface area (Å²) in [5, 5.41) is 22.3. The number of carbonyl (C=O) groups is 1. The molecule has 1 unspecified atom stereocenters. The van der Waals surface area contributed by atoms with Crippen LogP contribution in [0.2, 0.25) is 0 Å². The molecule has 21 heavy (non-hydrogen) atoms. The summed E-state index contributed by atoms with van der Waals surface area (Å²) in [6, 6.07) is 13.2. The van der Waals surface area contributed by atoms with Gasteiger partial charge in [-0.2, -0.15) is 0 Å². The van der Waals surface area contributed by atoms with Gasteiger partial charge in [-0.1, -0.05) is 36.4 Å². The van der Waals surface area contributed by atoms with E-state index >= 15 is 0 Å². The summed E-state index contributed by atoms with van der Waals surface area (Å²) in [7, 11) is 0. The SMILES string of the molecule is CC1(C(=O)O)C=Cc2c(-c3ccccc3)ccc(O)c2N1. The predicted molar refractivity (Wildman–Crippen MR) is 82.2 cm³/mol. The molecule has 0 amide bonds. The summed E-state index contributed by atoms with van der Waals surface area (Å²) in [4.78, 5) is 11.4. The highest BCUT2D eigenvalue weighted by Crippen LogP contribution is 2.41. The monoisotopic (exact) mass is 281 g/mol. The Bertz CT molecular complexity index is 737. The van der Waals surface area contributed by atoms with Crippen molar-refractivity contribution in [2.24, 2.45) is 0 Å². The lowest BCUT2D eigenvalue weighted by Gasteiger charge is -2.30. The van der Waals surface area contributed by atoms with E-state index in [0.717, 1.165) is 16.7 Å². The number of phenolic OH excluding ortho intramolecular Hbond substituents is 1. The Balaban J connectivity index is 2.17. The third-order valence-electron chi connectivity index (χ3n) is 3.72. The van der Waals surface area contributed by atoms with Crippen LogP contribution in [0.1, 0.15) is 12.5 Å². The van der Waals surface area contributed by atoms with Gasteiger partial charge in [0.25, 0.3) is 0 Å². The van der Waals surface area contributed by atoms with Crippen molar-refractivity contribution in [2.45, 2.75) is 12.5 Å². The molecular formula is C17H15NO3. The maximum absolute atomic E-state index is 11.4. The second-order valence-electron chi connectivity index (χ2n) is 5.25. The van der Waals surface area contributed by atoms with Crippen LogP contribution in [0.25, 0.3) is 17.2 Å². The minimum Gasteiger partial charge on any atom is -0.506 e. The van der Waals surface area contributed by atoms with E-state index in [-0.39, 0.29) is 5.75 Å². The molecule has 2 aromatic carbocycles. The van der Waals surface area contributed by atoms with Crippen LogP contribution in [0.15, 0.2) is 48.5 Å². The van der Waals surface area contributed by atoms with Crippen LogP contribution in [0, 0.1) is 0 Å². The normalized spacial score (nSPS) is 19.7. The molecule has 1 aliphatic heterocycles. The third kappa shape index (κ3) is 2.14. The van der Waals surface area contributed by atoms with Gasteiger partial charge in [0.05, 0.1) is 5.69 Å². The molecule has 106 valence electrons. The first-order chi connectivity index (χ1) is 10.0. The Morgan fingerprint density at radius 2 is 1.86 bits per heavy atom. The number of hydrogen-bond donors (Lipinski definition) is 3. The first-order valence-electron chi connectivity index (χ1n) is 6.63. The van der Waals surface area contributed by atoms with Crippen LogP contribution in [-0.4, -0.2) is 21.7 Å². The summed E-state index contributed by atoms with van der Waals surface area (Å²) >= 11 is 0. The van der Waals surface area contributed by atoms with Crippen molar-refractivity contribution in [1.82, 2.24) is 0 Å². The van der Waals surface area contributed by atoms with E-state index < -0.39 is 11.5 Å². The highest BCUT2D eigenvalue weighted by Gasteiger charge is 2.34.